The molecule has 3 rings (SSSR count). The van der Waals surface area contributed by atoms with Crippen LogP contribution in [-0.4, -0.2) is 48.6 Å². The van der Waals surface area contributed by atoms with Crippen molar-refractivity contribution in [2.24, 2.45) is 17.3 Å². The van der Waals surface area contributed by atoms with Crippen LogP contribution in [-0.2, 0) is 9.53 Å². The number of amides is 1. The second-order valence-electron chi connectivity index (χ2n) is 8.04. The molecule has 2 aliphatic rings. The van der Waals surface area contributed by atoms with E-state index in [-0.39, 0.29) is 17.4 Å². The van der Waals surface area contributed by atoms with Gasteiger partial charge in [-0.15, -0.1) is 0 Å². The maximum absolute atomic E-state index is 13.0. The Morgan fingerprint density at radius 2 is 2.19 bits per heavy atom. The lowest BCUT2D eigenvalue weighted by Crippen LogP contribution is -2.39. The lowest BCUT2D eigenvalue weighted by molar-refractivity contribution is -0.138. The van der Waals surface area contributed by atoms with E-state index < -0.39 is 0 Å². The van der Waals surface area contributed by atoms with Gasteiger partial charge in [0.2, 0.25) is 5.91 Å². The Hall–Kier alpha value is -2.13. The van der Waals surface area contributed by atoms with E-state index in [2.05, 4.69) is 30.2 Å². The highest BCUT2D eigenvalue weighted by Gasteiger charge is 2.53. The molecular weight excluding hydrogens is 328 g/mol. The van der Waals surface area contributed by atoms with E-state index in [0.29, 0.717) is 36.4 Å². The Bertz CT molecular complexity index is 721. The summed E-state index contributed by atoms with van der Waals surface area (Å²) in [6, 6.07) is 5.94. The summed E-state index contributed by atoms with van der Waals surface area (Å²) in [5.41, 5.74) is 1.11. The number of carbonyl (C=O) groups excluding carboxylic acids is 1. The molecule has 1 N–H and O–H groups in total. The molecule has 1 saturated heterocycles. The van der Waals surface area contributed by atoms with Gasteiger partial charge in [0.05, 0.1) is 17.6 Å². The van der Waals surface area contributed by atoms with Gasteiger partial charge in [0.15, 0.2) is 0 Å². The zero-order valence-corrected chi connectivity index (χ0v) is 16.1. The van der Waals surface area contributed by atoms with E-state index in [4.69, 9.17) is 4.74 Å². The van der Waals surface area contributed by atoms with Crippen LogP contribution in [0.3, 0.4) is 0 Å². The van der Waals surface area contributed by atoms with E-state index in [1.165, 1.54) is 0 Å². The van der Waals surface area contributed by atoms with Gasteiger partial charge in [-0.1, -0.05) is 13.8 Å². The Kier molecular flexibility index (Phi) is 5.19. The minimum Gasteiger partial charge on any atom is -0.384 e. The topological polar surface area (TPSA) is 78.2 Å². The first kappa shape index (κ1) is 18.7. The van der Waals surface area contributed by atoms with Crippen LogP contribution in [0.5, 0.6) is 0 Å². The van der Waals surface area contributed by atoms with Gasteiger partial charge in [0.1, 0.15) is 11.9 Å². The number of aromatic nitrogens is 1. The number of hydrogen-bond donors (Lipinski definition) is 1. The molecule has 0 radical (unpaired) electrons. The molecule has 2 fully saturated rings. The molecular formula is C20H28N4O2. The second kappa shape index (κ2) is 7.24. The fraction of sp³-hybridized carbons (Fsp3) is 0.650. The van der Waals surface area contributed by atoms with Gasteiger partial charge in [0, 0.05) is 37.9 Å². The van der Waals surface area contributed by atoms with Crippen LogP contribution in [0.25, 0.3) is 0 Å². The van der Waals surface area contributed by atoms with Crippen molar-refractivity contribution in [2.45, 2.75) is 39.7 Å². The summed E-state index contributed by atoms with van der Waals surface area (Å²) in [5, 5.41) is 12.8. The van der Waals surface area contributed by atoms with Crippen LogP contribution in [0.15, 0.2) is 12.1 Å². The fourth-order valence-electron chi connectivity index (χ4n) is 3.94. The molecule has 1 aromatic rings. The number of nitriles is 1. The van der Waals surface area contributed by atoms with E-state index in [1.54, 1.807) is 13.2 Å². The zero-order chi connectivity index (χ0) is 18.9. The lowest BCUT2D eigenvalue weighted by atomic mass is 9.91. The third kappa shape index (κ3) is 3.54. The predicted molar refractivity (Wildman–Crippen MR) is 99.6 cm³/mol. The summed E-state index contributed by atoms with van der Waals surface area (Å²) < 4.78 is 5.28. The summed E-state index contributed by atoms with van der Waals surface area (Å²) in [6.07, 6.45) is 1.83. The molecule has 1 aliphatic heterocycles. The van der Waals surface area contributed by atoms with Crippen molar-refractivity contribution in [1.29, 1.82) is 5.26 Å². The first-order chi connectivity index (χ1) is 12.4. The van der Waals surface area contributed by atoms with Crippen molar-refractivity contribution in [3.05, 3.63) is 23.4 Å². The molecule has 1 aromatic heterocycles. The van der Waals surface area contributed by atoms with Crippen LogP contribution in [0.4, 0.5) is 5.82 Å². The van der Waals surface area contributed by atoms with Crippen molar-refractivity contribution in [2.75, 3.05) is 32.1 Å². The number of nitrogens with zero attached hydrogens (tertiary/aromatic N) is 3. The molecule has 0 bridgehead atoms. The monoisotopic (exact) mass is 356 g/mol. The van der Waals surface area contributed by atoms with Crippen LogP contribution in [0.2, 0.25) is 0 Å². The number of ether oxygens (including phenoxy) is 1. The minimum absolute atomic E-state index is 0.0960. The molecule has 0 unspecified atom stereocenters. The molecule has 26 heavy (non-hydrogen) atoms. The summed E-state index contributed by atoms with van der Waals surface area (Å²) in [6.45, 7) is 8.18. The number of pyridine rings is 1. The first-order valence-electron chi connectivity index (χ1n) is 9.33. The van der Waals surface area contributed by atoms with Gasteiger partial charge in [0.25, 0.3) is 0 Å². The highest BCUT2D eigenvalue weighted by Crippen LogP contribution is 2.48. The van der Waals surface area contributed by atoms with E-state index in [9.17, 15) is 10.1 Å². The maximum atomic E-state index is 13.0. The van der Waals surface area contributed by atoms with Crippen LogP contribution < -0.4 is 5.32 Å². The molecule has 2 heterocycles. The molecule has 140 valence electrons. The smallest absolute Gasteiger partial charge is 0.231 e. The average molecular weight is 356 g/mol. The third-order valence-corrected chi connectivity index (χ3v) is 5.71. The van der Waals surface area contributed by atoms with E-state index in [0.717, 1.165) is 25.1 Å². The second-order valence-corrected chi connectivity index (χ2v) is 8.04. The SMILES string of the molecule is COCC1(C(=O)N2C[C@H](Nc3nc(C)ccc3C#N)[C@@H](C(C)C)C2)CC1. The number of rotatable bonds is 6. The van der Waals surface area contributed by atoms with Crippen LogP contribution in [0.1, 0.15) is 37.9 Å². The quantitative estimate of drug-likeness (QED) is 0.847. The van der Waals surface area contributed by atoms with Gasteiger partial charge in [-0.2, -0.15) is 5.26 Å². The largest absolute Gasteiger partial charge is 0.384 e. The maximum Gasteiger partial charge on any atom is 0.231 e. The number of hydrogen-bond acceptors (Lipinski definition) is 5. The first-order valence-corrected chi connectivity index (χ1v) is 9.33. The summed E-state index contributed by atoms with van der Waals surface area (Å²) in [4.78, 5) is 19.5. The van der Waals surface area contributed by atoms with Crippen molar-refractivity contribution in [1.82, 2.24) is 9.88 Å². The molecule has 0 aromatic carbocycles. The summed E-state index contributed by atoms with van der Waals surface area (Å²) in [7, 11) is 1.66. The number of aryl methyl sites for hydroxylation is 1. The Balaban J connectivity index is 1.78. The molecule has 2 atom stereocenters. The van der Waals surface area contributed by atoms with Crippen molar-refractivity contribution >= 4 is 11.7 Å². The number of anilines is 1. The van der Waals surface area contributed by atoms with Crippen molar-refractivity contribution in [3.63, 3.8) is 0 Å². The molecule has 1 aliphatic carbocycles. The Labute approximate surface area is 155 Å². The number of carbonyl (C=O) groups is 1. The Morgan fingerprint density at radius 3 is 2.77 bits per heavy atom. The molecule has 0 spiro atoms. The lowest BCUT2D eigenvalue weighted by Gasteiger charge is -2.23. The summed E-state index contributed by atoms with van der Waals surface area (Å²) in [5.74, 6) is 1.59. The number of nitrogens with one attached hydrogen (secondary N) is 1. The van der Waals surface area contributed by atoms with Crippen molar-refractivity contribution < 1.29 is 9.53 Å². The predicted octanol–water partition coefficient (Wildman–Crippen LogP) is 2.58. The zero-order valence-electron chi connectivity index (χ0n) is 16.1. The van der Waals surface area contributed by atoms with Gasteiger partial charge in [-0.3, -0.25) is 4.79 Å². The molecule has 6 nitrogen and oxygen atoms in total. The fourth-order valence-corrected chi connectivity index (χ4v) is 3.94. The van der Waals surface area contributed by atoms with E-state index in [1.807, 2.05) is 17.9 Å². The highest BCUT2D eigenvalue weighted by molar-refractivity contribution is 5.86. The minimum atomic E-state index is -0.301. The molecule has 1 amide bonds. The normalized spacial score (nSPS) is 23.8. The van der Waals surface area contributed by atoms with Gasteiger partial charge < -0.3 is 15.0 Å². The standard InChI is InChI=1S/C20H28N4O2/c1-13(2)16-10-24(19(25)20(7-8-20)12-26-4)11-17(16)23-18-15(9-21)6-5-14(3)22-18/h5-6,13,16-17H,7-8,10-12H2,1-4H3,(H,22,23)/t16-,17+/m1/s1. The highest BCUT2D eigenvalue weighted by atomic mass is 16.5. The molecule has 1 saturated carbocycles. The van der Waals surface area contributed by atoms with Crippen LogP contribution >= 0.6 is 0 Å². The number of likely N-dealkylation sites (tertiary alicyclic amines) is 1. The van der Waals surface area contributed by atoms with Crippen LogP contribution in [0, 0.1) is 35.5 Å². The van der Waals surface area contributed by atoms with Gasteiger partial charge in [-0.25, -0.2) is 4.98 Å². The average Bonchev–Trinajstić information content (AvgIpc) is 3.26. The van der Waals surface area contributed by atoms with Gasteiger partial charge in [-0.05, 0) is 37.8 Å². The van der Waals surface area contributed by atoms with Crippen molar-refractivity contribution in [3.8, 4) is 6.07 Å². The number of methoxy groups -OCH3 is 1. The summed E-state index contributed by atoms with van der Waals surface area (Å²) >= 11 is 0. The van der Waals surface area contributed by atoms with E-state index >= 15 is 0 Å². The Morgan fingerprint density at radius 1 is 1.46 bits per heavy atom. The molecule has 6 heteroatoms. The van der Waals surface area contributed by atoms with Gasteiger partial charge >= 0.3 is 0 Å². The third-order valence-electron chi connectivity index (χ3n) is 5.71.